The number of phosphoric ester groups is 1. The molecule has 65 heavy (non-hydrogen) atoms. The summed E-state index contributed by atoms with van der Waals surface area (Å²) < 4.78 is 30.5. The quantitative estimate of drug-likeness (QED) is 0.0205. The third-order valence-electron chi connectivity index (χ3n) is 12.4. The molecule has 0 spiro atoms. The summed E-state index contributed by atoms with van der Waals surface area (Å²) in [7, 11) is 1.50. The number of hydrogen-bond acceptors (Lipinski definition) is 6. The van der Waals surface area contributed by atoms with E-state index in [1.807, 2.05) is 33.3 Å². The zero-order valence-electron chi connectivity index (χ0n) is 43.7. The van der Waals surface area contributed by atoms with E-state index in [4.69, 9.17) is 13.8 Å². The van der Waals surface area contributed by atoms with Gasteiger partial charge in [-0.05, 0) is 57.4 Å². The zero-order chi connectivity index (χ0) is 48.0. The number of phosphoric acid groups is 1. The highest BCUT2D eigenvalue weighted by Gasteiger charge is 2.30. The number of amides is 1. The predicted octanol–water partition coefficient (Wildman–Crippen LogP) is 16.2. The van der Waals surface area contributed by atoms with Gasteiger partial charge in [0.1, 0.15) is 19.3 Å². The second kappa shape index (κ2) is 46.2. The highest BCUT2D eigenvalue weighted by atomic mass is 31.2. The van der Waals surface area contributed by atoms with E-state index in [1.54, 1.807) is 0 Å². The normalized spacial score (nSPS) is 14.0. The Kier molecular flexibility index (Phi) is 45.2. The summed E-state index contributed by atoms with van der Waals surface area (Å²) in [5.41, 5.74) is 0. The monoisotopic (exact) mass is 940 g/mol. The molecular weight excluding hydrogens is 832 g/mol. The maximum atomic E-state index is 13.5. The molecule has 1 amide bonds. The number of allylic oxidation sites excluding steroid dienone is 3. The van der Waals surface area contributed by atoms with Crippen molar-refractivity contribution in [3.63, 3.8) is 0 Å². The van der Waals surface area contributed by atoms with Crippen LogP contribution in [0.1, 0.15) is 265 Å². The molecule has 384 valence electrons. The van der Waals surface area contributed by atoms with Crippen molar-refractivity contribution in [2.45, 2.75) is 277 Å². The van der Waals surface area contributed by atoms with Crippen LogP contribution in [0, 0.1) is 0 Å². The number of quaternary nitrogens is 1. The molecule has 0 rings (SSSR count). The van der Waals surface area contributed by atoms with E-state index < -0.39 is 20.0 Å². The largest absolute Gasteiger partial charge is 0.472 e. The van der Waals surface area contributed by atoms with Gasteiger partial charge in [-0.25, -0.2) is 4.57 Å². The first-order chi connectivity index (χ1) is 31.4. The van der Waals surface area contributed by atoms with Crippen molar-refractivity contribution in [2.75, 3.05) is 40.9 Å². The summed E-state index contributed by atoms with van der Waals surface area (Å²) in [5.74, 6) is -0.501. The van der Waals surface area contributed by atoms with Gasteiger partial charge in [-0.2, -0.15) is 0 Å². The van der Waals surface area contributed by atoms with Crippen molar-refractivity contribution >= 4 is 19.7 Å². The minimum Gasteiger partial charge on any atom is -0.456 e. The minimum absolute atomic E-state index is 0.0424. The van der Waals surface area contributed by atoms with Crippen LogP contribution in [0.3, 0.4) is 0 Å². The molecule has 0 heterocycles. The van der Waals surface area contributed by atoms with Gasteiger partial charge in [0, 0.05) is 12.8 Å². The molecule has 9 nitrogen and oxygen atoms in total. The van der Waals surface area contributed by atoms with E-state index in [2.05, 4.69) is 38.2 Å². The Morgan fingerprint density at radius 3 is 1.32 bits per heavy atom. The van der Waals surface area contributed by atoms with Gasteiger partial charge in [0.2, 0.25) is 5.91 Å². The molecule has 10 heteroatoms. The number of ether oxygens (including phenoxy) is 1. The average molecular weight is 940 g/mol. The molecule has 0 aliphatic carbocycles. The van der Waals surface area contributed by atoms with Crippen molar-refractivity contribution in [2.24, 2.45) is 0 Å². The van der Waals surface area contributed by atoms with Crippen LogP contribution in [0.15, 0.2) is 24.3 Å². The molecule has 0 bridgehead atoms. The Morgan fingerprint density at radius 2 is 0.892 bits per heavy atom. The minimum atomic E-state index is -4.43. The molecule has 0 aromatic carbocycles. The van der Waals surface area contributed by atoms with Gasteiger partial charge in [-0.3, -0.25) is 18.6 Å². The molecule has 0 saturated heterocycles. The predicted molar refractivity (Wildman–Crippen MR) is 277 cm³/mol. The maximum Gasteiger partial charge on any atom is 0.472 e. The van der Waals surface area contributed by atoms with E-state index in [-0.39, 0.29) is 25.1 Å². The van der Waals surface area contributed by atoms with E-state index in [0.717, 1.165) is 64.2 Å². The standard InChI is InChI=1S/C55H107N2O7P/c1-7-10-13-16-19-22-25-27-28-30-32-35-38-41-44-47-54(58)56-52(51-63-65(60,61)62-50-49-57(4,5)6)53(46-43-40-37-34-31-24-21-18-15-12-9-3)64-55(59)48-45-42-39-36-33-29-26-23-20-17-14-11-8-2/h22,25,43,46,52-53H,7-21,23-24,26-42,44-45,47-51H2,1-6H3,(H-,56,58,60,61)/p+1/b25-22-,46-43+. The van der Waals surface area contributed by atoms with Crippen LogP contribution >= 0.6 is 7.82 Å². The van der Waals surface area contributed by atoms with Crippen molar-refractivity contribution in [1.29, 1.82) is 0 Å². The molecule has 2 N–H and O–H groups in total. The molecule has 0 aromatic rings. The lowest BCUT2D eigenvalue weighted by Crippen LogP contribution is -2.47. The smallest absolute Gasteiger partial charge is 0.456 e. The SMILES string of the molecule is CCCCCC/C=C\CCCCCCCCCC(=O)NC(COP(=O)(O)OCC[N+](C)(C)C)C(/C=C/CCCCCCCCCCC)OC(=O)CCCCCCCCCCCCCCC. The molecule has 3 unspecified atom stereocenters. The van der Waals surface area contributed by atoms with Gasteiger partial charge >= 0.3 is 13.8 Å². The molecule has 3 atom stereocenters. The summed E-state index contributed by atoms with van der Waals surface area (Å²) in [4.78, 5) is 37.5. The third-order valence-corrected chi connectivity index (χ3v) is 13.4. The molecule has 0 saturated carbocycles. The van der Waals surface area contributed by atoms with Crippen LogP contribution in [-0.4, -0.2) is 74.3 Å². The van der Waals surface area contributed by atoms with Gasteiger partial charge in [0.25, 0.3) is 0 Å². The molecule has 0 fully saturated rings. The third kappa shape index (κ3) is 47.4. The van der Waals surface area contributed by atoms with Crippen LogP contribution in [0.4, 0.5) is 0 Å². The summed E-state index contributed by atoms with van der Waals surface area (Å²) in [6, 6.07) is -0.842. The Labute approximate surface area is 403 Å². The van der Waals surface area contributed by atoms with Gasteiger partial charge in [0.05, 0.1) is 33.8 Å². The van der Waals surface area contributed by atoms with Gasteiger partial charge in [-0.1, -0.05) is 219 Å². The van der Waals surface area contributed by atoms with E-state index in [1.165, 1.54) is 167 Å². The van der Waals surface area contributed by atoms with E-state index >= 15 is 0 Å². The fourth-order valence-electron chi connectivity index (χ4n) is 8.05. The molecule has 0 aromatic heterocycles. The zero-order valence-corrected chi connectivity index (χ0v) is 44.6. The maximum absolute atomic E-state index is 13.5. The number of carbonyl (C=O) groups excluding carboxylic acids is 2. The fraction of sp³-hybridized carbons (Fsp3) is 0.891. The van der Waals surface area contributed by atoms with Crippen LogP contribution in [0.25, 0.3) is 0 Å². The Balaban J connectivity index is 5.35. The van der Waals surface area contributed by atoms with Gasteiger partial charge in [-0.15, -0.1) is 0 Å². The molecule has 0 radical (unpaired) electrons. The number of rotatable bonds is 50. The van der Waals surface area contributed by atoms with Crippen LogP contribution in [0.2, 0.25) is 0 Å². The number of hydrogen-bond donors (Lipinski definition) is 2. The van der Waals surface area contributed by atoms with Crippen LogP contribution in [0.5, 0.6) is 0 Å². The Bertz CT molecular complexity index is 1170. The first kappa shape index (κ1) is 63.5. The fourth-order valence-corrected chi connectivity index (χ4v) is 8.79. The molecular formula is C55H108N2O7P+. The first-order valence-corrected chi connectivity index (χ1v) is 29.2. The second-order valence-electron chi connectivity index (χ2n) is 20.1. The first-order valence-electron chi connectivity index (χ1n) is 27.7. The van der Waals surface area contributed by atoms with Crippen molar-refractivity contribution in [3.05, 3.63) is 24.3 Å². The Hall–Kier alpha value is -1.51. The number of unbranched alkanes of at least 4 members (excludes halogenated alkanes) is 32. The summed E-state index contributed by atoms with van der Waals surface area (Å²) in [6.07, 6.45) is 51.6. The van der Waals surface area contributed by atoms with Crippen molar-refractivity contribution in [1.82, 2.24) is 5.32 Å². The van der Waals surface area contributed by atoms with Gasteiger partial charge < -0.3 is 19.4 Å². The lowest BCUT2D eigenvalue weighted by Gasteiger charge is -2.27. The molecule has 0 aliphatic rings. The lowest BCUT2D eigenvalue weighted by atomic mass is 10.0. The molecule has 0 aliphatic heterocycles. The van der Waals surface area contributed by atoms with Crippen LogP contribution in [-0.2, 0) is 27.9 Å². The number of likely N-dealkylation sites (N-methyl/N-ethyl adjacent to an activating group) is 1. The van der Waals surface area contributed by atoms with E-state index in [9.17, 15) is 19.0 Å². The summed E-state index contributed by atoms with van der Waals surface area (Å²) >= 11 is 0. The lowest BCUT2D eigenvalue weighted by molar-refractivity contribution is -0.870. The van der Waals surface area contributed by atoms with Crippen molar-refractivity contribution < 1.29 is 37.3 Å². The summed E-state index contributed by atoms with van der Waals surface area (Å²) in [5, 5.41) is 3.04. The number of carbonyl (C=O) groups is 2. The topological polar surface area (TPSA) is 111 Å². The van der Waals surface area contributed by atoms with E-state index in [0.29, 0.717) is 23.9 Å². The van der Waals surface area contributed by atoms with Gasteiger partial charge in [0.15, 0.2) is 0 Å². The van der Waals surface area contributed by atoms with Crippen molar-refractivity contribution in [3.8, 4) is 0 Å². The highest BCUT2D eigenvalue weighted by Crippen LogP contribution is 2.43. The van der Waals surface area contributed by atoms with Crippen LogP contribution < -0.4 is 5.32 Å². The Morgan fingerprint density at radius 1 is 0.523 bits per heavy atom. The average Bonchev–Trinajstić information content (AvgIpc) is 3.26. The highest BCUT2D eigenvalue weighted by molar-refractivity contribution is 7.47. The number of nitrogens with one attached hydrogen (secondary N) is 1. The summed E-state index contributed by atoms with van der Waals surface area (Å²) in [6.45, 7) is 7.00. The number of esters is 1. The number of nitrogens with zero attached hydrogens (tertiary/aromatic N) is 1. The second-order valence-corrected chi connectivity index (χ2v) is 21.6.